The molecule has 0 saturated heterocycles. The molecule has 1 rings (SSSR count). The van der Waals surface area contributed by atoms with Gasteiger partial charge < -0.3 is 20.3 Å². The summed E-state index contributed by atoms with van der Waals surface area (Å²) in [4.78, 5) is 0. The molecule has 4 nitrogen and oxygen atoms in total. The molecule has 0 spiro atoms. The lowest BCUT2D eigenvalue weighted by Crippen LogP contribution is -2.26. The van der Waals surface area contributed by atoms with Crippen LogP contribution in [0, 0.1) is 0 Å². The van der Waals surface area contributed by atoms with Crippen LogP contribution in [0.15, 0.2) is 18.2 Å². The van der Waals surface area contributed by atoms with Crippen molar-refractivity contribution in [2.24, 2.45) is 5.73 Å². The number of benzene rings is 1. The number of halogens is 1. The van der Waals surface area contributed by atoms with Crippen molar-refractivity contribution in [2.45, 2.75) is 155 Å². The minimum absolute atomic E-state index is 0. The molecule has 0 amide bonds. The van der Waals surface area contributed by atoms with Crippen molar-refractivity contribution < 1.29 is 14.6 Å². The molecular weight excluding hydrogens is 494 g/mol. The van der Waals surface area contributed by atoms with Crippen LogP contribution in [0.3, 0.4) is 0 Å². The van der Waals surface area contributed by atoms with Crippen molar-refractivity contribution in [2.75, 3.05) is 19.8 Å². The van der Waals surface area contributed by atoms with Crippen LogP contribution in [0.1, 0.15) is 148 Å². The third-order valence-corrected chi connectivity index (χ3v) is 7.25. The van der Waals surface area contributed by atoms with Gasteiger partial charge in [0.25, 0.3) is 0 Å². The molecule has 0 radical (unpaired) electrons. The number of rotatable bonds is 27. The highest BCUT2D eigenvalue weighted by molar-refractivity contribution is 5.85. The summed E-state index contributed by atoms with van der Waals surface area (Å²) in [5, 5.41) is 9.32. The quantitative estimate of drug-likeness (QED) is 0.106. The first-order valence-electron chi connectivity index (χ1n) is 16.0. The summed E-state index contributed by atoms with van der Waals surface area (Å²) in [5.41, 5.74) is 7.05. The van der Waals surface area contributed by atoms with Crippen molar-refractivity contribution >= 4 is 12.4 Å². The number of hydrogen-bond donors (Lipinski definition) is 2. The van der Waals surface area contributed by atoms with E-state index in [0.717, 1.165) is 43.1 Å². The average Bonchev–Trinajstić information content (AvgIpc) is 2.91. The highest BCUT2D eigenvalue weighted by Gasteiger charge is 2.10. The summed E-state index contributed by atoms with van der Waals surface area (Å²) in [7, 11) is 0. The standard InChI is InChI=1S/C33H61NO3.ClH/c1-3-5-7-9-11-13-15-17-19-21-25-36-32-24-23-30(27-31(34)29-35)28-33(32)37-26-22-20-18-16-14-12-10-8-6-4-2;/h23-24,28,31,35H,3-22,25-27,29,34H2,1-2H3;1H. The Kier molecular flexibility index (Phi) is 26.9. The summed E-state index contributed by atoms with van der Waals surface area (Å²) in [6.45, 7) is 6.00. The van der Waals surface area contributed by atoms with Crippen LogP contribution < -0.4 is 15.2 Å². The molecule has 1 atom stereocenters. The van der Waals surface area contributed by atoms with E-state index < -0.39 is 0 Å². The number of unbranched alkanes of at least 4 members (excludes halogenated alkanes) is 18. The van der Waals surface area contributed by atoms with Gasteiger partial charge in [-0.15, -0.1) is 12.4 Å². The zero-order chi connectivity index (χ0) is 26.8. The molecule has 0 heterocycles. The van der Waals surface area contributed by atoms with Gasteiger partial charge in [-0.1, -0.05) is 135 Å². The van der Waals surface area contributed by atoms with Crippen molar-refractivity contribution in [1.82, 2.24) is 0 Å². The summed E-state index contributed by atoms with van der Waals surface area (Å²) >= 11 is 0. The molecule has 0 aromatic heterocycles. The Morgan fingerprint density at radius 1 is 0.605 bits per heavy atom. The van der Waals surface area contributed by atoms with Gasteiger partial charge >= 0.3 is 0 Å². The largest absolute Gasteiger partial charge is 0.490 e. The lowest BCUT2D eigenvalue weighted by molar-refractivity contribution is 0.256. The van der Waals surface area contributed by atoms with E-state index in [1.807, 2.05) is 6.07 Å². The van der Waals surface area contributed by atoms with Gasteiger partial charge in [0, 0.05) is 6.04 Å². The fraction of sp³-hybridized carbons (Fsp3) is 0.818. The molecule has 1 aromatic carbocycles. The average molecular weight is 556 g/mol. The van der Waals surface area contributed by atoms with Crippen LogP contribution >= 0.6 is 12.4 Å². The minimum Gasteiger partial charge on any atom is -0.490 e. The smallest absolute Gasteiger partial charge is 0.161 e. The third kappa shape index (κ3) is 20.9. The Bertz CT molecular complexity index is 628. The second-order valence-corrected chi connectivity index (χ2v) is 11.0. The van der Waals surface area contributed by atoms with Gasteiger partial charge in [-0.25, -0.2) is 0 Å². The maximum atomic E-state index is 9.32. The van der Waals surface area contributed by atoms with Crippen LogP contribution in [-0.2, 0) is 6.42 Å². The Labute approximate surface area is 242 Å². The molecular formula is C33H62ClNO3. The minimum atomic E-state index is -0.242. The van der Waals surface area contributed by atoms with Crippen LogP contribution in [0.2, 0.25) is 0 Å². The molecule has 0 fully saturated rings. The number of aliphatic hydroxyl groups excluding tert-OH is 1. The van der Waals surface area contributed by atoms with E-state index in [1.54, 1.807) is 0 Å². The molecule has 224 valence electrons. The summed E-state index contributed by atoms with van der Waals surface area (Å²) in [5.74, 6) is 1.66. The van der Waals surface area contributed by atoms with E-state index in [2.05, 4.69) is 26.0 Å². The molecule has 38 heavy (non-hydrogen) atoms. The van der Waals surface area contributed by atoms with Crippen LogP contribution in [-0.4, -0.2) is 31.0 Å². The molecule has 0 aliphatic carbocycles. The summed E-state index contributed by atoms with van der Waals surface area (Å²) in [6, 6.07) is 5.88. The second-order valence-electron chi connectivity index (χ2n) is 11.0. The maximum Gasteiger partial charge on any atom is 0.161 e. The second kappa shape index (κ2) is 27.6. The van der Waals surface area contributed by atoms with E-state index in [1.165, 1.54) is 116 Å². The van der Waals surface area contributed by atoms with E-state index in [4.69, 9.17) is 15.2 Å². The molecule has 1 unspecified atom stereocenters. The van der Waals surface area contributed by atoms with Gasteiger partial charge in [-0.2, -0.15) is 0 Å². The predicted octanol–water partition coefficient (Wildman–Crippen LogP) is 9.57. The lowest BCUT2D eigenvalue weighted by Gasteiger charge is -2.15. The highest BCUT2D eigenvalue weighted by atomic mass is 35.5. The fourth-order valence-electron chi connectivity index (χ4n) is 4.82. The first-order valence-corrected chi connectivity index (χ1v) is 16.0. The van der Waals surface area contributed by atoms with Gasteiger partial charge in [0.15, 0.2) is 11.5 Å². The van der Waals surface area contributed by atoms with Gasteiger partial charge in [0.2, 0.25) is 0 Å². The van der Waals surface area contributed by atoms with Crippen LogP contribution in [0.4, 0.5) is 0 Å². The van der Waals surface area contributed by atoms with Crippen molar-refractivity contribution in [1.29, 1.82) is 0 Å². The normalized spacial score (nSPS) is 11.8. The van der Waals surface area contributed by atoms with Gasteiger partial charge in [0.05, 0.1) is 19.8 Å². The molecule has 0 bridgehead atoms. The summed E-state index contributed by atoms with van der Waals surface area (Å²) < 4.78 is 12.3. The lowest BCUT2D eigenvalue weighted by atomic mass is 10.1. The van der Waals surface area contributed by atoms with Gasteiger partial charge in [-0.05, 0) is 37.0 Å². The molecule has 5 heteroatoms. The first-order chi connectivity index (χ1) is 18.2. The molecule has 0 aliphatic rings. The predicted molar refractivity (Wildman–Crippen MR) is 167 cm³/mol. The number of ether oxygens (including phenoxy) is 2. The third-order valence-electron chi connectivity index (χ3n) is 7.25. The van der Waals surface area contributed by atoms with Crippen molar-refractivity contribution in [3.05, 3.63) is 23.8 Å². The first kappa shape index (κ1) is 37.0. The van der Waals surface area contributed by atoms with E-state index in [9.17, 15) is 5.11 Å². The van der Waals surface area contributed by atoms with E-state index >= 15 is 0 Å². The van der Waals surface area contributed by atoms with Crippen molar-refractivity contribution in [3.8, 4) is 11.5 Å². The SMILES string of the molecule is CCCCCCCCCCCCOc1ccc(CC(N)CO)cc1OCCCCCCCCCCCC.Cl. The Balaban J connectivity index is 0.0000137. The molecule has 0 aliphatic heterocycles. The Hall–Kier alpha value is -0.970. The van der Waals surface area contributed by atoms with Gasteiger partial charge in [0.1, 0.15) is 0 Å². The topological polar surface area (TPSA) is 64.7 Å². The van der Waals surface area contributed by atoms with E-state index in [0.29, 0.717) is 6.42 Å². The van der Waals surface area contributed by atoms with Crippen LogP contribution in [0.5, 0.6) is 11.5 Å². The number of aliphatic hydroxyl groups is 1. The zero-order valence-corrected chi connectivity index (χ0v) is 25.8. The molecule has 1 aromatic rings. The Morgan fingerprint density at radius 2 is 1.00 bits per heavy atom. The monoisotopic (exact) mass is 555 g/mol. The molecule has 0 saturated carbocycles. The summed E-state index contributed by atoms with van der Waals surface area (Å²) in [6.07, 6.45) is 27.1. The fourth-order valence-corrected chi connectivity index (χ4v) is 4.82. The van der Waals surface area contributed by atoms with Gasteiger partial charge in [-0.3, -0.25) is 0 Å². The number of nitrogens with two attached hydrogens (primary N) is 1. The highest BCUT2D eigenvalue weighted by Crippen LogP contribution is 2.29. The van der Waals surface area contributed by atoms with Crippen molar-refractivity contribution in [3.63, 3.8) is 0 Å². The van der Waals surface area contributed by atoms with Crippen LogP contribution in [0.25, 0.3) is 0 Å². The maximum absolute atomic E-state index is 9.32. The molecule has 3 N–H and O–H groups in total. The number of hydrogen-bond acceptors (Lipinski definition) is 4. The van der Waals surface area contributed by atoms with E-state index in [-0.39, 0.29) is 25.1 Å². The Morgan fingerprint density at radius 3 is 1.42 bits per heavy atom. The zero-order valence-electron chi connectivity index (χ0n) is 25.0.